The summed E-state index contributed by atoms with van der Waals surface area (Å²) in [7, 11) is 0. The molecule has 124 valence electrons. The highest BCUT2D eigenvalue weighted by Crippen LogP contribution is 2.32. The monoisotopic (exact) mass is 319 g/mol. The van der Waals surface area contributed by atoms with Crippen LogP contribution in [-0.4, -0.2) is 44.2 Å². The van der Waals surface area contributed by atoms with E-state index >= 15 is 0 Å². The van der Waals surface area contributed by atoms with Gasteiger partial charge in [-0.1, -0.05) is 6.07 Å². The van der Waals surface area contributed by atoms with E-state index in [0.29, 0.717) is 25.4 Å². The number of hydrogen-bond donors (Lipinski definition) is 1. The minimum Gasteiger partial charge on any atom is -0.454 e. The Balaban J connectivity index is 1.31. The molecule has 0 radical (unpaired) electrons. The van der Waals surface area contributed by atoms with Crippen molar-refractivity contribution in [1.82, 2.24) is 5.32 Å². The van der Waals surface area contributed by atoms with E-state index in [-0.39, 0.29) is 30.9 Å². The van der Waals surface area contributed by atoms with Gasteiger partial charge < -0.3 is 24.3 Å². The summed E-state index contributed by atoms with van der Waals surface area (Å²) in [6.45, 7) is 1.58. The lowest BCUT2D eigenvalue weighted by Crippen LogP contribution is -2.49. The van der Waals surface area contributed by atoms with Gasteiger partial charge in [0.2, 0.25) is 12.7 Å². The van der Waals surface area contributed by atoms with Crippen molar-refractivity contribution in [2.24, 2.45) is 0 Å². The van der Waals surface area contributed by atoms with E-state index in [0.717, 1.165) is 30.6 Å². The lowest BCUT2D eigenvalue weighted by atomic mass is 9.89. The van der Waals surface area contributed by atoms with E-state index in [1.165, 1.54) is 0 Å². The van der Waals surface area contributed by atoms with Gasteiger partial charge in [0.15, 0.2) is 11.5 Å². The van der Waals surface area contributed by atoms with Crippen molar-refractivity contribution in [3.05, 3.63) is 23.8 Å². The predicted octanol–water partition coefficient (Wildman–Crippen LogP) is 1.41. The Labute approximate surface area is 135 Å². The third-order valence-corrected chi connectivity index (χ3v) is 4.65. The maximum atomic E-state index is 12.3. The van der Waals surface area contributed by atoms with Crippen LogP contribution in [0.1, 0.15) is 24.8 Å². The normalized spacial score (nSPS) is 29.0. The summed E-state index contributed by atoms with van der Waals surface area (Å²) >= 11 is 0. The van der Waals surface area contributed by atoms with E-state index in [2.05, 4.69) is 5.32 Å². The molecule has 1 aromatic rings. The smallest absolute Gasteiger partial charge is 0.231 e. The molecule has 3 atom stereocenters. The van der Waals surface area contributed by atoms with Crippen molar-refractivity contribution in [1.29, 1.82) is 0 Å². The van der Waals surface area contributed by atoms with Crippen LogP contribution >= 0.6 is 0 Å². The van der Waals surface area contributed by atoms with Crippen LogP contribution in [0.15, 0.2) is 18.2 Å². The molecule has 1 N–H and O–H groups in total. The Hall–Kier alpha value is -1.79. The minimum absolute atomic E-state index is 0.0315. The summed E-state index contributed by atoms with van der Waals surface area (Å²) in [4.78, 5) is 12.3. The number of rotatable bonds is 3. The van der Waals surface area contributed by atoms with Crippen LogP contribution in [0.3, 0.4) is 0 Å². The van der Waals surface area contributed by atoms with Crippen molar-refractivity contribution in [2.45, 2.75) is 43.9 Å². The molecular weight excluding hydrogens is 298 g/mol. The summed E-state index contributed by atoms with van der Waals surface area (Å²) in [5.74, 6) is 1.48. The molecule has 0 unspecified atom stereocenters. The van der Waals surface area contributed by atoms with Crippen LogP contribution in [0.4, 0.5) is 0 Å². The molecule has 2 aliphatic heterocycles. The average Bonchev–Trinajstić information content (AvgIpc) is 3.02. The zero-order chi connectivity index (χ0) is 15.6. The topological polar surface area (TPSA) is 66.0 Å². The number of nitrogens with one attached hydrogen (secondary N) is 1. The third kappa shape index (κ3) is 3.28. The summed E-state index contributed by atoms with van der Waals surface area (Å²) < 4.78 is 22.1. The maximum Gasteiger partial charge on any atom is 0.231 e. The van der Waals surface area contributed by atoms with Gasteiger partial charge in [0.1, 0.15) is 0 Å². The molecule has 6 nitrogen and oxygen atoms in total. The summed E-state index contributed by atoms with van der Waals surface area (Å²) in [6.07, 6.45) is 3.38. The van der Waals surface area contributed by atoms with Gasteiger partial charge in [0.05, 0.1) is 31.8 Å². The van der Waals surface area contributed by atoms with E-state index in [9.17, 15) is 4.79 Å². The van der Waals surface area contributed by atoms with Crippen LogP contribution in [0.2, 0.25) is 0 Å². The van der Waals surface area contributed by atoms with Crippen molar-refractivity contribution in [3.63, 3.8) is 0 Å². The molecular formula is C17H21NO5. The Bertz CT molecular complexity index is 590. The molecule has 0 spiro atoms. The van der Waals surface area contributed by atoms with Crippen molar-refractivity contribution in [2.75, 3.05) is 20.0 Å². The first-order valence-electron chi connectivity index (χ1n) is 8.19. The van der Waals surface area contributed by atoms with Gasteiger partial charge in [-0.2, -0.15) is 0 Å². The summed E-state index contributed by atoms with van der Waals surface area (Å²) in [5.41, 5.74) is 0.928. The van der Waals surface area contributed by atoms with Gasteiger partial charge >= 0.3 is 0 Å². The molecule has 1 aliphatic carbocycles. The Morgan fingerprint density at radius 1 is 1.09 bits per heavy atom. The molecule has 0 aromatic heterocycles. The highest BCUT2D eigenvalue weighted by atomic mass is 16.7. The maximum absolute atomic E-state index is 12.3. The molecule has 1 saturated carbocycles. The highest BCUT2D eigenvalue weighted by molar-refractivity contribution is 5.79. The van der Waals surface area contributed by atoms with Crippen molar-refractivity contribution < 1.29 is 23.7 Å². The number of hydrogen-bond acceptors (Lipinski definition) is 5. The largest absolute Gasteiger partial charge is 0.454 e. The number of ether oxygens (including phenoxy) is 4. The molecule has 2 fully saturated rings. The summed E-state index contributed by atoms with van der Waals surface area (Å²) in [6, 6.07) is 5.79. The molecule has 23 heavy (non-hydrogen) atoms. The van der Waals surface area contributed by atoms with Crippen LogP contribution < -0.4 is 14.8 Å². The predicted molar refractivity (Wildman–Crippen MR) is 81.5 cm³/mol. The Morgan fingerprint density at radius 2 is 1.91 bits per heavy atom. The molecule has 4 rings (SSSR count). The lowest BCUT2D eigenvalue weighted by molar-refractivity contribution is -0.158. The first-order valence-corrected chi connectivity index (χ1v) is 8.19. The van der Waals surface area contributed by atoms with Crippen LogP contribution in [0, 0.1) is 0 Å². The standard InChI is InChI=1S/C17H21NO5/c19-17(8-11-1-3-14-15(7-11)23-10-22-14)18-12-2-4-13-16(9-12)21-6-5-20-13/h1,3,7,12-13,16H,2,4-6,8-10H2,(H,18,19)/t12-,13+,16+/m1/s1. The molecule has 3 aliphatic rings. The number of fused-ring (bicyclic) bond motifs is 2. The average molecular weight is 319 g/mol. The zero-order valence-corrected chi connectivity index (χ0v) is 13.0. The van der Waals surface area contributed by atoms with Crippen LogP contribution in [0.5, 0.6) is 11.5 Å². The molecule has 6 heteroatoms. The number of carbonyl (C=O) groups is 1. The molecule has 0 bridgehead atoms. The highest BCUT2D eigenvalue weighted by Gasteiger charge is 2.34. The van der Waals surface area contributed by atoms with Gasteiger partial charge in [-0.05, 0) is 37.0 Å². The fourth-order valence-corrected chi connectivity index (χ4v) is 3.51. The second-order valence-corrected chi connectivity index (χ2v) is 6.26. The number of benzene rings is 1. The van der Waals surface area contributed by atoms with Crippen molar-refractivity contribution >= 4 is 5.91 Å². The fraction of sp³-hybridized carbons (Fsp3) is 0.588. The first kappa shape index (κ1) is 14.8. The Kier molecular flexibility index (Phi) is 4.10. The second-order valence-electron chi connectivity index (χ2n) is 6.26. The van der Waals surface area contributed by atoms with Crippen LogP contribution in [0.25, 0.3) is 0 Å². The van der Waals surface area contributed by atoms with E-state index < -0.39 is 0 Å². The number of amides is 1. The lowest BCUT2D eigenvalue weighted by Gasteiger charge is -2.39. The van der Waals surface area contributed by atoms with Gasteiger partial charge in [-0.15, -0.1) is 0 Å². The molecule has 1 saturated heterocycles. The number of carbonyl (C=O) groups excluding carboxylic acids is 1. The first-order chi connectivity index (χ1) is 11.3. The van der Waals surface area contributed by atoms with Crippen LogP contribution in [-0.2, 0) is 20.7 Å². The molecule has 1 aromatic carbocycles. The second kappa shape index (κ2) is 6.37. The third-order valence-electron chi connectivity index (χ3n) is 4.65. The van der Waals surface area contributed by atoms with Gasteiger partial charge in [-0.3, -0.25) is 4.79 Å². The van der Waals surface area contributed by atoms with Gasteiger partial charge in [-0.25, -0.2) is 0 Å². The molecule has 1 amide bonds. The van der Waals surface area contributed by atoms with E-state index in [1.54, 1.807) is 0 Å². The molecule has 2 heterocycles. The van der Waals surface area contributed by atoms with Gasteiger partial charge in [0, 0.05) is 6.04 Å². The van der Waals surface area contributed by atoms with Crippen molar-refractivity contribution in [3.8, 4) is 11.5 Å². The fourth-order valence-electron chi connectivity index (χ4n) is 3.51. The minimum atomic E-state index is 0.0315. The van der Waals surface area contributed by atoms with E-state index in [1.807, 2.05) is 18.2 Å². The quantitative estimate of drug-likeness (QED) is 0.912. The Morgan fingerprint density at radius 3 is 2.83 bits per heavy atom. The zero-order valence-electron chi connectivity index (χ0n) is 13.0. The van der Waals surface area contributed by atoms with E-state index in [4.69, 9.17) is 18.9 Å². The van der Waals surface area contributed by atoms with Gasteiger partial charge in [0.25, 0.3) is 0 Å². The SMILES string of the molecule is O=C(Cc1ccc2c(c1)OCO2)N[C@@H]1CC[C@@H]2OCCO[C@H]2C1. The summed E-state index contributed by atoms with van der Waals surface area (Å²) in [5, 5.41) is 3.12.